The molecule has 2 nitrogen and oxygen atoms in total. The van der Waals surface area contributed by atoms with Crippen molar-refractivity contribution in [3.05, 3.63) is 82.6 Å². The molecule has 2 aromatic carbocycles. The van der Waals surface area contributed by atoms with Crippen LogP contribution in [0.15, 0.2) is 65.9 Å². The number of hydrogen-bond donors (Lipinski definition) is 0. The summed E-state index contributed by atoms with van der Waals surface area (Å²) in [6.07, 6.45) is 4.17. The zero-order valence-corrected chi connectivity index (χ0v) is 13.1. The molecule has 4 rings (SSSR count). The molecule has 0 N–H and O–H groups in total. The van der Waals surface area contributed by atoms with Crippen molar-refractivity contribution in [2.24, 2.45) is 0 Å². The summed E-state index contributed by atoms with van der Waals surface area (Å²) in [6, 6.07) is 18.6. The lowest BCUT2D eigenvalue weighted by atomic mass is 9.81. The van der Waals surface area contributed by atoms with E-state index in [9.17, 15) is 4.79 Å². The van der Waals surface area contributed by atoms with Crippen molar-refractivity contribution in [2.45, 2.75) is 25.7 Å². The van der Waals surface area contributed by atoms with Gasteiger partial charge in [-0.15, -0.1) is 0 Å². The van der Waals surface area contributed by atoms with Gasteiger partial charge in [0.05, 0.1) is 5.92 Å². The zero-order valence-electron chi connectivity index (χ0n) is 13.1. The Bertz CT molecular complexity index is 828. The van der Waals surface area contributed by atoms with Gasteiger partial charge in [0.1, 0.15) is 5.76 Å². The molecule has 0 saturated carbocycles. The molecule has 2 aliphatic carbocycles. The van der Waals surface area contributed by atoms with Crippen LogP contribution < -0.4 is 0 Å². The Morgan fingerprint density at radius 2 is 1.74 bits per heavy atom. The highest BCUT2D eigenvalue weighted by molar-refractivity contribution is 5.80. The SMILES string of the molecule is CC(=O)OC1=C(c2ccccc2)CCC2=Cc3ccccc3C21. The van der Waals surface area contributed by atoms with Crippen LogP contribution in [0.4, 0.5) is 0 Å². The quantitative estimate of drug-likeness (QED) is 0.735. The fourth-order valence-electron chi connectivity index (χ4n) is 3.68. The van der Waals surface area contributed by atoms with Gasteiger partial charge in [0.15, 0.2) is 0 Å². The van der Waals surface area contributed by atoms with Gasteiger partial charge < -0.3 is 4.74 Å². The molecule has 0 bridgehead atoms. The summed E-state index contributed by atoms with van der Waals surface area (Å²) in [5.41, 5.74) is 6.13. The van der Waals surface area contributed by atoms with Crippen molar-refractivity contribution in [3.63, 3.8) is 0 Å². The normalized spacial score (nSPS) is 19.0. The smallest absolute Gasteiger partial charge is 0.307 e. The zero-order chi connectivity index (χ0) is 15.8. The standard InChI is InChI=1S/C21H18O2/c1-14(22)23-21-19(15-7-3-2-4-8-15)12-11-17-13-16-9-5-6-10-18(16)20(17)21/h2-10,13,20H,11-12H2,1H3. The number of ether oxygens (including phenoxy) is 1. The van der Waals surface area contributed by atoms with E-state index in [2.05, 4.69) is 42.5 Å². The Hall–Kier alpha value is -2.61. The molecule has 1 atom stereocenters. The van der Waals surface area contributed by atoms with Crippen molar-refractivity contribution in [1.29, 1.82) is 0 Å². The van der Waals surface area contributed by atoms with Crippen LogP contribution in [-0.4, -0.2) is 5.97 Å². The van der Waals surface area contributed by atoms with Crippen LogP contribution in [0.1, 0.15) is 42.4 Å². The van der Waals surface area contributed by atoms with Crippen LogP contribution in [0, 0.1) is 0 Å². The lowest BCUT2D eigenvalue weighted by molar-refractivity contribution is -0.137. The monoisotopic (exact) mass is 302 g/mol. The van der Waals surface area contributed by atoms with Gasteiger partial charge in [-0.3, -0.25) is 4.79 Å². The summed E-state index contributed by atoms with van der Waals surface area (Å²) < 4.78 is 5.73. The second-order valence-corrected chi connectivity index (χ2v) is 6.08. The summed E-state index contributed by atoms with van der Waals surface area (Å²) in [4.78, 5) is 11.7. The van der Waals surface area contributed by atoms with Crippen molar-refractivity contribution >= 4 is 17.6 Å². The molecule has 23 heavy (non-hydrogen) atoms. The summed E-state index contributed by atoms with van der Waals surface area (Å²) in [7, 11) is 0. The molecular weight excluding hydrogens is 284 g/mol. The molecule has 0 saturated heterocycles. The Labute approximate surface area is 136 Å². The third-order valence-electron chi connectivity index (χ3n) is 4.62. The van der Waals surface area contributed by atoms with E-state index in [1.807, 2.05) is 18.2 Å². The molecule has 1 unspecified atom stereocenters. The highest BCUT2D eigenvalue weighted by Crippen LogP contribution is 2.50. The van der Waals surface area contributed by atoms with Crippen molar-refractivity contribution in [1.82, 2.24) is 0 Å². The van der Waals surface area contributed by atoms with Gasteiger partial charge in [-0.05, 0) is 35.1 Å². The number of carbonyl (C=O) groups is 1. The first-order valence-electron chi connectivity index (χ1n) is 8.00. The van der Waals surface area contributed by atoms with Crippen molar-refractivity contribution in [2.75, 3.05) is 0 Å². The van der Waals surface area contributed by atoms with Crippen molar-refractivity contribution in [3.8, 4) is 0 Å². The van der Waals surface area contributed by atoms with Crippen LogP contribution in [0.5, 0.6) is 0 Å². The third-order valence-corrected chi connectivity index (χ3v) is 4.62. The maximum Gasteiger partial charge on any atom is 0.307 e. The summed E-state index contributed by atoms with van der Waals surface area (Å²) in [6.45, 7) is 1.48. The second kappa shape index (κ2) is 5.54. The molecule has 114 valence electrons. The molecule has 0 aromatic heterocycles. The van der Waals surface area contributed by atoms with Gasteiger partial charge in [-0.2, -0.15) is 0 Å². The van der Waals surface area contributed by atoms with Gasteiger partial charge >= 0.3 is 5.97 Å². The highest BCUT2D eigenvalue weighted by Gasteiger charge is 2.35. The Balaban J connectivity index is 1.89. The van der Waals surface area contributed by atoms with Gasteiger partial charge in [0.25, 0.3) is 0 Å². The van der Waals surface area contributed by atoms with Crippen LogP contribution in [0.2, 0.25) is 0 Å². The van der Waals surface area contributed by atoms with Crippen LogP contribution in [0.3, 0.4) is 0 Å². The molecule has 2 aliphatic rings. The molecule has 0 aliphatic heterocycles. The van der Waals surface area contributed by atoms with Crippen LogP contribution in [-0.2, 0) is 9.53 Å². The van der Waals surface area contributed by atoms with Crippen LogP contribution >= 0.6 is 0 Å². The van der Waals surface area contributed by atoms with Gasteiger partial charge in [0.2, 0.25) is 0 Å². The first-order valence-corrected chi connectivity index (χ1v) is 8.00. The lowest BCUT2D eigenvalue weighted by Crippen LogP contribution is -2.15. The molecule has 2 aromatic rings. The van der Waals surface area contributed by atoms with E-state index in [-0.39, 0.29) is 11.9 Å². The molecule has 0 amide bonds. The average Bonchev–Trinajstić information content (AvgIpc) is 2.94. The van der Waals surface area contributed by atoms with E-state index in [1.54, 1.807) is 0 Å². The van der Waals surface area contributed by atoms with E-state index < -0.39 is 0 Å². The summed E-state index contributed by atoms with van der Waals surface area (Å²) in [5, 5.41) is 0. The highest BCUT2D eigenvalue weighted by atomic mass is 16.5. The molecule has 0 spiro atoms. The minimum absolute atomic E-state index is 0.0825. The largest absolute Gasteiger partial charge is 0.430 e. The van der Waals surface area contributed by atoms with E-state index in [4.69, 9.17) is 4.74 Å². The molecule has 0 fully saturated rings. The maximum absolute atomic E-state index is 11.7. The Morgan fingerprint density at radius 3 is 2.52 bits per heavy atom. The number of carbonyl (C=O) groups excluding carboxylic acids is 1. The predicted molar refractivity (Wildman–Crippen MR) is 91.5 cm³/mol. The van der Waals surface area contributed by atoms with Gasteiger partial charge in [-0.1, -0.05) is 66.2 Å². The molecular formula is C21H18O2. The number of esters is 1. The second-order valence-electron chi connectivity index (χ2n) is 6.08. The number of hydrogen-bond acceptors (Lipinski definition) is 2. The fourth-order valence-corrected chi connectivity index (χ4v) is 3.68. The van der Waals surface area contributed by atoms with E-state index >= 15 is 0 Å². The lowest BCUT2D eigenvalue weighted by Gasteiger charge is -2.28. The van der Waals surface area contributed by atoms with Crippen LogP contribution in [0.25, 0.3) is 11.6 Å². The molecule has 0 heterocycles. The number of rotatable bonds is 2. The minimum atomic E-state index is -0.251. The van der Waals surface area contributed by atoms with Gasteiger partial charge in [0, 0.05) is 6.92 Å². The number of benzene rings is 2. The third kappa shape index (κ3) is 2.40. The molecule has 0 radical (unpaired) electrons. The number of fused-ring (bicyclic) bond motifs is 3. The van der Waals surface area contributed by atoms with Gasteiger partial charge in [-0.25, -0.2) is 0 Å². The topological polar surface area (TPSA) is 26.3 Å². The number of allylic oxidation sites excluding steroid dienone is 2. The minimum Gasteiger partial charge on any atom is -0.430 e. The fraction of sp³-hybridized carbons (Fsp3) is 0.190. The van der Waals surface area contributed by atoms with E-state index in [0.717, 1.165) is 29.7 Å². The Kier molecular flexibility index (Phi) is 3.38. The summed E-state index contributed by atoms with van der Waals surface area (Å²) >= 11 is 0. The van der Waals surface area contributed by atoms with E-state index in [1.165, 1.54) is 23.6 Å². The first-order chi connectivity index (χ1) is 11.2. The maximum atomic E-state index is 11.7. The average molecular weight is 302 g/mol. The first kappa shape index (κ1) is 14.0. The predicted octanol–water partition coefficient (Wildman–Crippen LogP) is 4.94. The summed E-state index contributed by atoms with van der Waals surface area (Å²) in [5.74, 6) is 0.643. The Morgan fingerprint density at radius 1 is 1.00 bits per heavy atom. The van der Waals surface area contributed by atoms with E-state index in [0.29, 0.717) is 0 Å². The van der Waals surface area contributed by atoms with Crippen molar-refractivity contribution < 1.29 is 9.53 Å². The molecule has 2 heteroatoms.